The van der Waals surface area contributed by atoms with Crippen molar-refractivity contribution in [2.24, 2.45) is 0 Å². The summed E-state index contributed by atoms with van der Waals surface area (Å²) in [5.41, 5.74) is 6.96. The zero-order valence-corrected chi connectivity index (χ0v) is 13.6. The molecule has 0 aliphatic carbocycles. The monoisotopic (exact) mass is 330 g/mol. The molecule has 0 radical (unpaired) electrons. The third-order valence-electron chi connectivity index (χ3n) is 2.27. The maximum Gasteiger partial charge on any atom is 0.0711 e. The molecule has 2 nitrogen and oxygen atoms in total. The second kappa shape index (κ2) is 7.06. The molecule has 104 valence electrons. The van der Waals surface area contributed by atoms with Crippen LogP contribution in [0.25, 0.3) is 0 Å². The molecule has 1 unspecified atom stereocenters. The van der Waals surface area contributed by atoms with Crippen LogP contribution in [0, 0.1) is 0 Å². The summed E-state index contributed by atoms with van der Waals surface area (Å²) in [6, 6.07) is 3.51. The zero-order chi connectivity index (χ0) is 13.2. The molecule has 1 rings (SSSR count). The number of benzene rings is 1. The minimum atomic E-state index is -0.190. The number of anilines is 1. The summed E-state index contributed by atoms with van der Waals surface area (Å²) in [5.74, 6) is 0. The van der Waals surface area contributed by atoms with Crippen molar-refractivity contribution in [1.29, 1.82) is 0 Å². The van der Waals surface area contributed by atoms with Crippen molar-refractivity contribution in [2.45, 2.75) is 31.7 Å². The third-order valence-corrected chi connectivity index (χ3v) is 3.31. The lowest BCUT2D eigenvalue weighted by Crippen LogP contribution is -2.37. The number of nitrogens with two attached hydrogens (primary N) is 1. The van der Waals surface area contributed by atoms with E-state index in [4.69, 9.17) is 40.5 Å². The van der Waals surface area contributed by atoms with E-state index in [-0.39, 0.29) is 23.3 Å². The number of alkyl halides is 1. The van der Waals surface area contributed by atoms with E-state index >= 15 is 0 Å². The summed E-state index contributed by atoms with van der Waals surface area (Å²) < 4.78 is 0. The van der Waals surface area contributed by atoms with Gasteiger partial charge in [0.15, 0.2) is 0 Å². The largest absolute Gasteiger partial charge is 0.396 e. The van der Waals surface area contributed by atoms with Crippen LogP contribution in [0.2, 0.25) is 10.0 Å². The highest BCUT2D eigenvalue weighted by Gasteiger charge is 2.15. The first-order valence-corrected chi connectivity index (χ1v) is 6.53. The number of nitrogen functional groups attached to an aromatic ring is 1. The van der Waals surface area contributed by atoms with Gasteiger partial charge in [0.1, 0.15) is 0 Å². The molecule has 0 fully saturated rings. The van der Waals surface area contributed by atoms with Gasteiger partial charge in [0.2, 0.25) is 0 Å². The van der Waals surface area contributed by atoms with E-state index in [9.17, 15) is 0 Å². The average molecular weight is 332 g/mol. The lowest BCUT2D eigenvalue weighted by molar-refractivity contribution is 0.426. The highest BCUT2D eigenvalue weighted by molar-refractivity contribution is 6.39. The maximum absolute atomic E-state index is 6.29. The van der Waals surface area contributed by atoms with E-state index < -0.39 is 0 Å². The van der Waals surface area contributed by atoms with Crippen LogP contribution in [0.4, 0.5) is 5.69 Å². The van der Waals surface area contributed by atoms with Crippen LogP contribution in [0.3, 0.4) is 0 Å². The van der Waals surface area contributed by atoms with Gasteiger partial charge < -0.3 is 11.1 Å². The van der Waals surface area contributed by atoms with Crippen molar-refractivity contribution < 1.29 is 0 Å². The predicted molar refractivity (Wildman–Crippen MR) is 84.5 cm³/mol. The van der Waals surface area contributed by atoms with Gasteiger partial charge in [-0.3, -0.25) is 0 Å². The second-order valence-electron chi connectivity index (χ2n) is 5.00. The van der Waals surface area contributed by atoms with Gasteiger partial charge in [-0.1, -0.05) is 23.2 Å². The average Bonchev–Trinajstić information content (AvgIpc) is 2.20. The van der Waals surface area contributed by atoms with Gasteiger partial charge in [0.05, 0.1) is 21.1 Å². The second-order valence-corrected chi connectivity index (χ2v) is 6.34. The molecular formula is C12H18Cl4N2. The molecular weight excluding hydrogens is 314 g/mol. The Morgan fingerprint density at radius 3 is 2.06 bits per heavy atom. The molecule has 0 spiro atoms. The highest BCUT2D eigenvalue weighted by atomic mass is 35.5. The van der Waals surface area contributed by atoms with Crippen LogP contribution >= 0.6 is 47.2 Å². The van der Waals surface area contributed by atoms with Crippen molar-refractivity contribution in [2.75, 3.05) is 12.3 Å². The zero-order valence-electron chi connectivity index (χ0n) is 10.6. The molecule has 0 saturated heterocycles. The van der Waals surface area contributed by atoms with E-state index in [0.29, 0.717) is 22.3 Å². The van der Waals surface area contributed by atoms with E-state index in [2.05, 4.69) is 26.1 Å². The summed E-state index contributed by atoms with van der Waals surface area (Å²) in [6.45, 7) is 6.89. The van der Waals surface area contributed by atoms with Crippen molar-refractivity contribution >= 4 is 52.9 Å². The van der Waals surface area contributed by atoms with Crippen LogP contribution in [-0.4, -0.2) is 12.1 Å². The molecule has 0 amide bonds. The Morgan fingerprint density at radius 1 is 1.22 bits per heavy atom. The Bertz CT molecular complexity index is 379. The first-order chi connectivity index (χ1) is 7.70. The summed E-state index contributed by atoms with van der Waals surface area (Å²) >= 11 is 18.2. The van der Waals surface area contributed by atoms with E-state index in [1.165, 1.54) is 0 Å². The summed E-state index contributed by atoms with van der Waals surface area (Å²) in [5, 5.41) is 4.01. The van der Waals surface area contributed by atoms with Crippen LogP contribution in [0.1, 0.15) is 31.7 Å². The molecule has 6 heteroatoms. The first kappa shape index (κ1) is 18.1. The molecule has 1 atom stereocenters. The maximum atomic E-state index is 6.29. The Balaban J connectivity index is 0.00000289. The number of hydrogen-bond acceptors (Lipinski definition) is 2. The van der Waals surface area contributed by atoms with Gasteiger partial charge in [-0.25, -0.2) is 0 Å². The minimum absolute atomic E-state index is 0. The molecule has 0 aliphatic heterocycles. The van der Waals surface area contributed by atoms with Gasteiger partial charge in [-0.2, -0.15) is 0 Å². The van der Waals surface area contributed by atoms with E-state index in [0.717, 1.165) is 5.56 Å². The van der Waals surface area contributed by atoms with E-state index in [1.54, 1.807) is 12.1 Å². The SMILES string of the molecule is CC(C)(C)NCC(Cl)c1cc(Cl)c(N)c(Cl)c1.Cl. The topological polar surface area (TPSA) is 38.0 Å². The Kier molecular flexibility index (Phi) is 7.12. The summed E-state index contributed by atoms with van der Waals surface area (Å²) in [4.78, 5) is 0. The van der Waals surface area contributed by atoms with Gasteiger partial charge in [-0.05, 0) is 38.5 Å². The normalized spacial score (nSPS) is 13.0. The Hall–Kier alpha value is 0.140. The van der Waals surface area contributed by atoms with Crippen molar-refractivity contribution in [1.82, 2.24) is 5.32 Å². The molecule has 1 aromatic carbocycles. The molecule has 0 saturated carbocycles. The fourth-order valence-corrected chi connectivity index (χ4v) is 2.01. The van der Waals surface area contributed by atoms with E-state index in [1.807, 2.05) is 0 Å². The Labute approximate surface area is 130 Å². The minimum Gasteiger partial charge on any atom is -0.396 e. The van der Waals surface area contributed by atoms with Crippen LogP contribution in [-0.2, 0) is 0 Å². The van der Waals surface area contributed by atoms with Crippen LogP contribution in [0.5, 0.6) is 0 Å². The molecule has 0 bridgehead atoms. The lowest BCUT2D eigenvalue weighted by Gasteiger charge is -2.23. The smallest absolute Gasteiger partial charge is 0.0711 e. The number of rotatable bonds is 3. The third kappa shape index (κ3) is 5.41. The summed E-state index contributed by atoms with van der Waals surface area (Å²) in [6.07, 6.45) is 0. The van der Waals surface area contributed by atoms with Crippen molar-refractivity contribution in [3.8, 4) is 0 Å². The molecule has 0 aromatic heterocycles. The molecule has 0 aliphatic rings. The highest BCUT2D eigenvalue weighted by Crippen LogP contribution is 2.33. The summed E-state index contributed by atoms with van der Waals surface area (Å²) in [7, 11) is 0. The first-order valence-electron chi connectivity index (χ1n) is 5.34. The standard InChI is InChI=1S/C12H17Cl3N2.ClH/c1-12(2,3)17-6-10(15)7-4-8(13)11(16)9(14)5-7;/h4-5,10,17H,6,16H2,1-3H3;1H. The molecule has 18 heavy (non-hydrogen) atoms. The number of hydrogen-bond donors (Lipinski definition) is 2. The molecule has 1 aromatic rings. The van der Waals surface area contributed by atoms with Gasteiger partial charge >= 0.3 is 0 Å². The van der Waals surface area contributed by atoms with Gasteiger partial charge in [0, 0.05) is 12.1 Å². The van der Waals surface area contributed by atoms with Crippen LogP contribution < -0.4 is 11.1 Å². The van der Waals surface area contributed by atoms with Gasteiger partial charge in [0.25, 0.3) is 0 Å². The quantitative estimate of drug-likeness (QED) is 0.624. The van der Waals surface area contributed by atoms with Gasteiger partial charge in [-0.15, -0.1) is 24.0 Å². The van der Waals surface area contributed by atoms with Crippen molar-refractivity contribution in [3.63, 3.8) is 0 Å². The lowest BCUT2D eigenvalue weighted by atomic mass is 10.1. The fraction of sp³-hybridized carbons (Fsp3) is 0.500. The molecule has 0 heterocycles. The Morgan fingerprint density at radius 2 is 1.67 bits per heavy atom. The number of nitrogens with one attached hydrogen (secondary N) is 1. The van der Waals surface area contributed by atoms with Crippen LogP contribution in [0.15, 0.2) is 12.1 Å². The fourth-order valence-electron chi connectivity index (χ4n) is 1.30. The predicted octanol–water partition coefficient (Wildman–Crippen LogP) is 4.67. The number of halogens is 4. The molecule has 3 N–H and O–H groups in total. The van der Waals surface area contributed by atoms with Crippen molar-refractivity contribution in [3.05, 3.63) is 27.7 Å².